The number of carbonyl (C=O) groups excluding carboxylic acids is 1. The molecular weight excluding hydrogens is 259 g/mol. The highest BCUT2D eigenvalue weighted by Crippen LogP contribution is 2.26. The van der Waals surface area contributed by atoms with Crippen LogP contribution >= 0.6 is 0 Å². The number of rotatable bonds is 3. The minimum absolute atomic E-state index is 0.111. The van der Waals surface area contributed by atoms with Gasteiger partial charge in [-0.2, -0.15) is 0 Å². The summed E-state index contributed by atoms with van der Waals surface area (Å²) >= 11 is 0. The number of nitrogen functional groups attached to an aromatic ring is 1. The van der Waals surface area contributed by atoms with Crippen LogP contribution in [-0.4, -0.2) is 13.0 Å². The molecule has 0 aromatic heterocycles. The normalized spacial score (nSPS) is 10.2. The average molecular weight is 274 g/mol. The van der Waals surface area contributed by atoms with Crippen LogP contribution in [0.2, 0.25) is 0 Å². The Bertz CT molecular complexity index is 656. The molecule has 0 aliphatic rings. The van der Waals surface area contributed by atoms with Gasteiger partial charge in [-0.3, -0.25) is 4.79 Å². The number of hydrogen-bond acceptors (Lipinski definition) is 3. The Labute approximate surface area is 116 Å². The summed E-state index contributed by atoms with van der Waals surface area (Å²) < 4.78 is 18.8. The van der Waals surface area contributed by atoms with Crippen molar-refractivity contribution in [1.82, 2.24) is 0 Å². The van der Waals surface area contributed by atoms with Gasteiger partial charge in [-0.05, 0) is 36.8 Å². The molecule has 0 fully saturated rings. The molecule has 0 bridgehead atoms. The van der Waals surface area contributed by atoms with E-state index in [1.165, 1.54) is 13.2 Å². The van der Waals surface area contributed by atoms with Crippen molar-refractivity contribution in [3.8, 4) is 5.75 Å². The molecule has 20 heavy (non-hydrogen) atoms. The van der Waals surface area contributed by atoms with Gasteiger partial charge in [0.05, 0.1) is 12.8 Å². The SMILES string of the molecule is COc1cccc(N)c1C(=O)Nc1cc(C)ccc1F. The maximum atomic E-state index is 13.7. The molecule has 0 heterocycles. The van der Waals surface area contributed by atoms with Gasteiger partial charge in [0.25, 0.3) is 5.91 Å². The Morgan fingerprint density at radius 3 is 2.75 bits per heavy atom. The van der Waals surface area contributed by atoms with Gasteiger partial charge in [-0.15, -0.1) is 0 Å². The second-order valence-corrected chi connectivity index (χ2v) is 4.36. The quantitative estimate of drug-likeness (QED) is 0.846. The summed E-state index contributed by atoms with van der Waals surface area (Å²) in [5.74, 6) is -0.669. The molecule has 2 rings (SSSR count). The molecular formula is C15H15FN2O2. The molecule has 0 radical (unpaired) electrons. The maximum Gasteiger partial charge on any atom is 0.261 e. The number of aryl methyl sites for hydroxylation is 1. The zero-order valence-corrected chi connectivity index (χ0v) is 11.2. The zero-order chi connectivity index (χ0) is 14.7. The van der Waals surface area contributed by atoms with Gasteiger partial charge < -0.3 is 15.8 Å². The number of carbonyl (C=O) groups is 1. The van der Waals surface area contributed by atoms with Crippen molar-refractivity contribution in [2.75, 3.05) is 18.2 Å². The number of benzene rings is 2. The minimum Gasteiger partial charge on any atom is -0.496 e. The summed E-state index contributed by atoms with van der Waals surface area (Å²) in [7, 11) is 1.44. The van der Waals surface area contributed by atoms with Gasteiger partial charge in [-0.1, -0.05) is 12.1 Å². The van der Waals surface area contributed by atoms with Crippen LogP contribution in [0, 0.1) is 12.7 Å². The lowest BCUT2D eigenvalue weighted by atomic mass is 10.1. The molecule has 0 aliphatic heterocycles. The van der Waals surface area contributed by atoms with Crippen LogP contribution in [0.15, 0.2) is 36.4 Å². The zero-order valence-electron chi connectivity index (χ0n) is 11.2. The third-order valence-corrected chi connectivity index (χ3v) is 2.88. The first-order valence-electron chi connectivity index (χ1n) is 6.03. The molecule has 0 atom stereocenters. The van der Waals surface area contributed by atoms with Crippen LogP contribution in [0.25, 0.3) is 0 Å². The number of ether oxygens (including phenoxy) is 1. The molecule has 0 spiro atoms. The van der Waals surface area contributed by atoms with E-state index in [9.17, 15) is 9.18 Å². The van der Waals surface area contributed by atoms with Crippen LogP contribution in [0.3, 0.4) is 0 Å². The number of nitrogens with one attached hydrogen (secondary N) is 1. The van der Waals surface area contributed by atoms with E-state index in [0.717, 1.165) is 5.56 Å². The van der Waals surface area contributed by atoms with E-state index in [0.29, 0.717) is 5.75 Å². The molecule has 2 aromatic carbocycles. The van der Waals surface area contributed by atoms with Crippen molar-refractivity contribution >= 4 is 17.3 Å². The summed E-state index contributed by atoms with van der Waals surface area (Å²) in [6.07, 6.45) is 0. The van der Waals surface area contributed by atoms with Gasteiger partial charge in [-0.25, -0.2) is 4.39 Å². The van der Waals surface area contributed by atoms with Crippen molar-refractivity contribution in [1.29, 1.82) is 0 Å². The molecule has 0 unspecified atom stereocenters. The van der Waals surface area contributed by atoms with E-state index in [-0.39, 0.29) is 16.9 Å². The summed E-state index contributed by atoms with van der Waals surface area (Å²) in [6, 6.07) is 9.37. The third-order valence-electron chi connectivity index (χ3n) is 2.88. The fraction of sp³-hybridized carbons (Fsp3) is 0.133. The van der Waals surface area contributed by atoms with Crippen molar-refractivity contribution in [3.05, 3.63) is 53.3 Å². The maximum absolute atomic E-state index is 13.7. The Morgan fingerprint density at radius 1 is 1.30 bits per heavy atom. The minimum atomic E-state index is -0.510. The summed E-state index contributed by atoms with van der Waals surface area (Å²) in [5, 5.41) is 2.51. The molecule has 1 amide bonds. The topological polar surface area (TPSA) is 64.3 Å². The van der Waals surface area contributed by atoms with E-state index in [1.807, 2.05) is 6.92 Å². The van der Waals surface area contributed by atoms with Crippen LogP contribution in [-0.2, 0) is 0 Å². The lowest BCUT2D eigenvalue weighted by Gasteiger charge is -2.12. The largest absolute Gasteiger partial charge is 0.496 e. The highest BCUT2D eigenvalue weighted by atomic mass is 19.1. The number of methoxy groups -OCH3 is 1. The van der Waals surface area contributed by atoms with Crippen LogP contribution in [0.1, 0.15) is 15.9 Å². The lowest BCUT2D eigenvalue weighted by Crippen LogP contribution is -2.16. The number of hydrogen-bond donors (Lipinski definition) is 2. The predicted octanol–water partition coefficient (Wildman–Crippen LogP) is 2.98. The first kappa shape index (κ1) is 13.9. The van der Waals surface area contributed by atoms with Crippen molar-refractivity contribution in [2.24, 2.45) is 0 Å². The summed E-state index contributed by atoms with van der Waals surface area (Å²) in [5.41, 5.74) is 7.20. The molecule has 104 valence electrons. The monoisotopic (exact) mass is 274 g/mol. The molecule has 0 saturated heterocycles. The van der Waals surface area contributed by atoms with Crippen molar-refractivity contribution < 1.29 is 13.9 Å². The van der Waals surface area contributed by atoms with E-state index in [2.05, 4.69) is 5.32 Å². The Morgan fingerprint density at radius 2 is 2.05 bits per heavy atom. The van der Waals surface area contributed by atoms with Crippen molar-refractivity contribution in [3.63, 3.8) is 0 Å². The lowest BCUT2D eigenvalue weighted by molar-refractivity contribution is 0.102. The van der Waals surface area contributed by atoms with E-state index in [4.69, 9.17) is 10.5 Å². The fourth-order valence-corrected chi connectivity index (χ4v) is 1.88. The molecule has 4 nitrogen and oxygen atoms in total. The van der Waals surface area contributed by atoms with Gasteiger partial charge in [0.15, 0.2) is 0 Å². The van der Waals surface area contributed by atoms with Crippen LogP contribution < -0.4 is 15.8 Å². The van der Waals surface area contributed by atoms with Crippen LogP contribution in [0.4, 0.5) is 15.8 Å². The predicted molar refractivity (Wildman–Crippen MR) is 76.5 cm³/mol. The van der Waals surface area contributed by atoms with Gasteiger partial charge in [0, 0.05) is 5.69 Å². The van der Waals surface area contributed by atoms with Crippen LogP contribution in [0.5, 0.6) is 5.75 Å². The first-order valence-corrected chi connectivity index (χ1v) is 6.03. The second-order valence-electron chi connectivity index (χ2n) is 4.36. The number of nitrogens with two attached hydrogens (primary N) is 1. The van der Waals surface area contributed by atoms with Crippen molar-refractivity contribution in [2.45, 2.75) is 6.92 Å². The van der Waals surface area contributed by atoms with Gasteiger partial charge in [0.1, 0.15) is 17.1 Å². The molecule has 3 N–H and O–H groups in total. The van der Waals surface area contributed by atoms with Gasteiger partial charge >= 0.3 is 0 Å². The van der Waals surface area contributed by atoms with E-state index in [1.54, 1.807) is 30.3 Å². The smallest absolute Gasteiger partial charge is 0.261 e. The van der Waals surface area contributed by atoms with E-state index < -0.39 is 11.7 Å². The summed E-state index contributed by atoms with van der Waals surface area (Å²) in [6.45, 7) is 1.81. The number of anilines is 2. The number of amides is 1. The molecule has 0 saturated carbocycles. The first-order chi connectivity index (χ1) is 9.52. The summed E-state index contributed by atoms with van der Waals surface area (Å²) in [4.78, 5) is 12.2. The Balaban J connectivity index is 2.36. The number of halogens is 1. The average Bonchev–Trinajstić information content (AvgIpc) is 2.42. The molecule has 2 aromatic rings. The molecule has 5 heteroatoms. The third kappa shape index (κ3) is 2.71. The fourth-order valence-electron chi connectivity index (χ4n) is 1.88. The highest BCUT2D eigenvalue weighted by Gasteiger charge is 2.17. The highest BCUT2D eigenvalue weighted by molar-refractivity contribution is 6.09. The molecule has 0 aliphatic carbocycles. The second kappa shape index (κ2) is 5.61. The standard InChI is InChI=1S/C15H15FN2O2/c1-9-6-7-10(16)12(8-9)18-15(19)14-11(17)4-3-5-13(14)20-2/h3-8H,17H2,1-2H3,(H,18,19). The Kier molecular flexibility index (Phi) is 3.89. The van der Waals surface area contributed by atoms with Gasteiger partial charge in [0.2, 0.25) is 0 Å². The Hall–Kier alpha value is -2.56. The van der Waals surface area contributed by atoms with E-state index >= 15 is 0 Å².